The van der Waals surface area contributed by atoms with E-state index in [-0.39, 0.29) is 5.41 Å². The van der Waals surface area contributed by atoms with Crippen LogP contribution in [0.15, 0.2) is 42.6 Å². The fourth-order valence-electron chi connectivity index (χ4n) is 2.80. The van der Waals surface area contributed by atoms with E-state index in [1.807, 2.05) is 22.7 Å². The van der Waals surface area contributed by atoms with Crippen LogP contribution >= 0.6 is 0 Å². The van der Waals surface area contributed by atoms with Gasteiger partial charge in [0.15, 0.2) is 0 Å². The summed E-state index contributed by atoms with van der Waals surface area (Å²) in [7, 11) is 0. The Labute approximate surface area is 137 Å². The maximum absolute atomic E-state index is 9.18. The van der Waals surface area contributed by atoms with E-state index in [1.54, 1.807) is 0 Å². The molecule has 0 radical (unpaired) electrons. The Hall–Kier alpha value is -2.60. The molecule has 3 heteroatoms. The second-order valence-electron chi connectivity index (χ2n) is 7.00. The minimum absolute atomic E-state index is 0.129. The largest absolute Gasteiger partial charge is 0.302 e. The molecular formula is C20H21N3. The number of fused-ring (bicyclic) bond motifs is 1. The van der Waals surface area contributed by atoms with Gasteiger partial charge >= 0.3 is 0 Å². The molecule has 0 aliphatic carbocycles. The standard InChI is InChI=1S/C20H21N3/c1-14-10-12-23-17(9-11-21)19(22-18(23)13-14)15-5-7-16(8-6-15)20(2,3)4/h5-8,10,12-13H,9H2,1-4H3. The normalized spacial score (nSPS) is 11.6. The van der Waals surface area contributed by atoms with Crippen molar-refractivity contribution in [2.75, 3.05) is 0 Å². The average molecular weight is 303 g/mol. The van der Waals surface area contributed by atoms with Crippen molar-refractivity contribution in [1.29, 1.82) is 5.26 Å². The first kappa shape index (κ1) is 15.3. The van der Waals surface area contributed by atoms with Gasteiger partial charge in [0.25, 0.3) is 0 Å². The smallest absolute Gasteiger partial charge is 0.137 e. The highest BCUT2D eigenvalue weighted by atomic mass is 15.0. The van der Waals surface area contributed by atoms with Crippen LogP contribution in [0, 0.1) is 18.3 Å². The summed E-state index contributed by atoms with van der Waals surface area (Å²) in [6.45, 7) is 8.67. The van der Waals surface area contributed by atoms with Gasteiger partial charge in [0.05, 0.1) is 23.9 Å². The molecule has 3 rings (SSSR count). The Morgan fingerprint density at radius 2 is 1.83 bits per heavy atom. The van der Waals surface area contributed by atoms with Crippen molar-refractivity contribution in [3.05, 3.63) is 59.4 Å². The quantitative estimate of drug-likeness (QED) is 0.690. The minimum atomic E-state index is 0.129. The van der Waals surface area contributed by atoms with Crippen LogP contribution in [0.2, 0.25) is 0 Å². The van der Waals surface area contributed by atoms with Crippen molar-refractivity contribution in [2.24, 2.45) is 0 Å². The number of nitrogens with zero attached hydrogens (tertiary/aromatic N) is 3. The fourth-order valence-corrected chi connectivity index (χ4v) is 2.80. The van der Waals surface area contributed by atoms with Crippen LogP contribution in [0.5, 0.6) is 0 Å². The second-order valence-corrected chi connectivity index (χ2v) is 7.00. The van der Waals surface area contributed by atoms with Gasteiger partial charge in [0, 0.05) is 11.8 Å². The average Bonchev–Trinajstić information content (AvgIpc) is 2.85. The van der Waals surface area contributed by atoms with Crippen LogP contribution in [-0.4, -0.2) is 9.38 Å². The van der Waals surface area contributed by atoms with Crippen molar-refractivity contribution in [2.45, 2.75) is 39.5 Å². The maximum Gasteiger partial charge on any atom is 0.137 e. The van der Waals surface area contributed by atoms with E-state index < -0.39 is 0 Å². The van der Waals surface area contributed by atoms with Crippen molar-refractivity contribution < 1.29 is 0 Å². The second kappa shape index (κ2) is 5.55. The maximum atomic E-state index is 9.18. The molecule has 0 saturated carbocycles. The van der Waals surface area contributed by atoms with Crippen LogP contribution in [0.25, 0.3) is 16.9 Å². The molecule has 23 heavy (non-hydrogen) atoms. The van der Waals surface area contributed by atoms with E-state index in [9.17, 15) is 5.26 Å². The number of benzene rings is 1. The molecule has 0 spiro atoms. The summed E-state index contributed by atoms with van der Waals surface area (Å²) in [5.41, 5.74) is 6.39. The zero-order valence-electron chi connectivity index (χ0n) is 14.1. The summed E-state index contributed by atoms with van der Waals surface area (Å²) in [6, 6.07) is 14.9. The van der Waals surface area contributed by atoms with Gasteiger partial charge in [-0.3, -0.25) is 0 Å². The predicted octanol–water partition coefficient (Wildman–Crippen LogP) is 4.67. The summed E-state index contributed by atoms with van der Waals surface area (Å²) in [5, 5.41) is 9.18. The molecule has 116 valence electrons. The number of pyridine rings is 1. The highest BCUT2D eigenvalue weighted by molar-refractivity contribution is 5.67. The number of aromatic nitrogens is 2. The zero-order chi connectivity index (χ0) is 16.6. The summed E-state index contributed by atoms with van der Waals surface area (Å²) < 4.78 is 2.02. The van der Waals surface area contributed by atoms with Crippen LogP contribution < -0.4 is 0 Å². The number of rotatable bonds is 2. The van der Waals surface area contributed by atoms with Crippen LogP contribution in [0.1, 0.15) is 37.6 Å². The molecule has 0 unspecified atom stereocenters. The van der Waals surface area contributed by atoms with Gasteiger partial charge in [-0.2, -0.15) is 5.26 Å². The van der Waals surface area contributed by atoms with E-state index in [2.05, 4.69) is 58.0 Å². The molecule has 0 bridgehead atoms. The van der Waals surface area contributed by atoms with Crippen LogP contribution in [0.3, 0.4) is 0 Å². The Morgan fingerprint density at radius 3 is 2.43 bits per heavy atom. The Bertz CT molecular complexity index is 888. The van der Waals surface area contributed by atoms with Gasteiger partial charge in [-0.15, -0.1) is 0 Å². The first-order chi connectivity index (χ1) is 10.9. The third kappa shape index (κ3) is 2.85. The van der Waals surface area contributed by atoms with Gasteiger partial charge in [-0.05, 0) is 35.6 Å². The molecule has 1 aromatic carbocycles. The lowest BCUT2D eigenvalue weighted by Gasteiger charge is -2.19. The van der Waals surface area contributed by atoms with E-state index in [0.29, 0.717) is 6.42 Å². The summed E-state index contributed by atoms with van der Waals surface area (Å²) in [4.78, 5) is 4.77. The van der Waals surface area contributed by atoms with E-state index in [1.165, 1.54) is 11.1 Å². The fraction of sp³-hybridized carbons (Fsp3) is 0.300. The molecule has 0 saturated heterocycles. The summed E-state index contributed by atoms with van der Waals surface area (Å²) >= 11 is 0. The van der Waals surface area contributed by atoms with Gasteiger partial charge in [0.1, 0.15) is 5.65 Å². The van der Waals surface area contributed by atoms with Gasteiger partial charge in [-0.1, -0.05) is 45.0 Å². The highest BCUT2D eigenvalue weighted by Crippen LogP contribution is 2.28. The first-order valence-electron chi connectivity index (χ1n) is 7.85. The lowest BCUT2D eigenvalue weighted by Crippen LogP contribution is -2.10. The first-order valence-corrected chi connectivity index (χ1v) is 7.85. The molecule has 0 aliphatic rings. The molecule has 3 nitrogen and oxygen atoms in total. The minimum Gasteiger partial charge on any atom is -0.302 e. The van der Waals surface area contributed by atoms with E-state index >= 15 is 0 Å². The molecular weight excluding hydrogens is 282 g/mol. The van der Waals surface area contributed by atoms with Crippen molar-refractivity contribution >= 4 is 5.65 Å². The van der Waals surface area contributed by atoms with Gasteiger partial charge in [0.2, 0.25) is 0 Å². The highest BCUT2D eigenvalue weighted by Gasteiger charge is 2.16. The molecule has 0 N–H and O–H groups in total. The Kier molecular flexibility index (Phi) is 3.69. The van der Waals surface area contributed by atoms with Crippen LogP contribution in [-0.2, 0) is 11.8 Å². The summed E-state index contributed by atoms with van der Waals surface area (Å²) in [6.07, 6.45) is 2.35. The van der Waals surface area contributed by atoms with E-state index in [0.717, 1.165) is 22.6 Å². The SMILES string of the molecule is Cc1ccn2c(CC#N)c(-c3ccc(C(C)(C)C)cc3)nc2c1. The Morgan fingerprint density at radius 1 is 1.13 bits per heavy atom. The van der Waals surface area contributed by atoms with Crippen LogP contribution in [0.4, 0.5) is 0 Å². The zero-order valence-corrected chi connectivity index (χ0v) is 14.1. The number of nitriles is 1. The molecule has 3 aromatic rings. The molecule has 0 amide bonds. The van der Waals surface area contributed by atoms with Crippen molar-refractivity contribution in [3.63, 3.8) is 0 Å². The monoisotopic (exact) mass is 303 g/mol. The number of hydrogen-bond acceptors (Lipinski definition) is 2. The van der Waals surface area contributed by atoms with Gasteiger partial charge < -0.3 is 4.40 Å². The van der Waals surface area contributed by atoms with Crippen molar-refractivity contribution in [1.82, 2.24) is 9.38 Å². The topological polar surface area (TPSA) is 41.1 Å². The van der Waals surface area contributed by atoms with Crippen molar-refractivity contribution in [3.8, 4) is 17.3 Å². The Balaban J connectivity index is 2.15. The molecule has 2 heterocycles. The summed E-state index contributed by atoms with van der Waals surface area (Å²) in [5.74, 6) is 0. The number of aryl methyl sites for hydroxylation is 1. The third-order valence-corrected chi connectivity index (χ3v) is 4.15. The number of imidazole rings is 1. The molecule has 0 fully saturated rings. The van der Waals surface area contributed by atoms with Gasteiger partial charge in [-0.25, -0.2) is 4.98 Å². The lowest BCUT2D eigenvalue weighted by molar-refractivity contribution is 0.590. The third-order valence-electron chi connectivity index (χ3n) is 4.15. The number of hydrogen-bond donors (Lipinski definition) is 0. The molecule has 2 aromatic heterocycles. The lowest BCUT2D eigenvalue weighted by atomic mass is 9.86. The molecule has 0 atom stereocenters. The molecule has 0 aliphatic heterocycles. The predicted molar refractivity (Wildman–Crippen MR) is 93.4 cm³/mol. The van der Waals surface area contributed by atoms with E-state index in [4.69, 9.17) is 4.98 Å².